The van der Waals surface area contributed by atoms with E-state index < -0.39 is 11.9 Å². The van der Waals surface area contributed by atoms with E-state index in [0.29, 0.717) is 0 Å². The van der Waals surface area contributed by atoms with Crippen LogP contribution in [0.15, 0.2) is 182 Å². The Bertz CT molecular complexity index is 1270. The fourth-order valence-corrected chi connectivity index (χ4v) is 36.5. The fourth-order valence-electron chi connectivity index (χ4n) is 5.19. The summed E-state index contributed by atoms with van der Waals surface area (Å²) in [7, 11) is 0. The zero-order valence-corrected chi connectivity index (χ0v) is 25.1. The zero-order valence-electron chi connectivity index (χ0n) is 21.6. The van der Waals surface area contributed by atoms with Gasteiger partial charge < -0.3 is 0 Å². The van der Waals surface area contributed by atoms with Gasteiger partial charge in [-0.15, -0.1) is 0 Å². The van der Waals surface area contributed by atoms with Crippen LogP contribution in [0.25, 0.3) is 0 Å². The van der Waals surface area contributed by atoms with Gasteiger partial charge in [0.05, 0.1) is 0 Å². The van der Waals surface area contributed by atoms with E-state index in [0.717, 1.165) is 0 Å². The Hall–Kier alpha value is -3.30. The van der Waals surface area contributed by atoms with Crippen molar-refractivity contribution in [1.29, 1.82) is 0 Å². The first-order valence-electron chi connectivity index (χ1n) is 13.2. The molecule has 0 atom stereocenters. The molecule has 6 aromatic carbocycles. The minimum absolute atomic E-state index is 0.147. The third-order valence-corrected chi connectivity index (χ3v) is 32.3. The maximum absolute atomic E-state index is 2.38. The summed E-state index contributed by atoms with van der Waals surface area (Å²) in [5.74, 6) is -4.12. The fraction of sp³-hybridized carbons (Fsp3) is 0. The first-order valence-corrected chi connectivity index (χ1v) is 21.2. The topological polar surface area (TPSA) is 0 Å². The van der Waals surface area contributed by atoms with Crippen LogP contribution in [-0.4, -0.2) is 14.1 Å². The molecule has 3 heteroatoms. The Balaban J connectivity index is 1.76. The van der Waals surface area contributed by atoms with Crippen molar-refractivity contribution in [2.24, 2.45) is 0 Å². The van der Waals surface area contributed by atoms with Gasteiger partial charge in [-0.3, -0.25) is 0 Å². The van der Waals surface area contributed by atoms with Crippen molar-refractivity contribution in [1.82, 2.24) is 0 Å². The average Bonchev–Trinajstić information content (AvgIpc) is 3.04. The van der Waals surface area contributed by atoms with Crippen LogP contribution in [-0.2, 0) is 0 Å². The summed E-state index contributed by atoms with van der Waals surface area (Å²) in [6, 6.07) is 68.1. The van der Waals surface area contributed by atoms with Crippen molar-refractivity contribution in [2.75, 3.05) is 0 Å². The minimum atomic E-state index is -2.06. The van der Waals surface area contributed by atoms with Crippen molar-refractivity contribution in [3.8, 4) is 0 Å². The van der Waals surface area contributed by atoms with Crippen LogP contribution in [0.1, 0.15) is 0 Å². The van der Waals surface area contributed by atoms with Gasteiger partial charge in [0.2, 0.25) is 0 Å². The van der Waals surface area contributed by atoms with Gasteiger partial charge in [-0.1, -0.05) is 0 Å². The molecule has 0 saturated carbocycles. The Morgan fingerprint density at radius 1 is 0.231 bits per heavy atom. The summed E-state index contributed by atoms with van der Waals surface area (Å²) >= 11 is 0.147. The molecule has 0 nitrogen and oxygen atoms in total. The molecule has 0 saturated heterocycles. The summed E-state index contributed by atoms with van der Waals surface area (Å²) in [6.07, 6.45) is 0. The second kappa shape index (κ2) is 11.8. The molecule has 0 heterocycles. The molecule has 0 aliphatic carbocycles. The summed E-state index contributed by atoms with van der Waals surface area (Å²) in [5.41, 5.74) is 0. The predicted octanol–water partition coefficient (Wildman–Crippen LogP) is 6.51. The SMILES string of the molecule is c1ccc([P+]([Se][P+](c2ccccc2)(c2ccccc2)c2ccccc2)(c2ccccc2)c2ccccc2)cc1. The summed E-state index contributed by atoms with van der Waals surface area (Å²) in [5, 5.41) is 8.72. The third-order valence-electron chi connectivity index (χ3n) is 6.96. The van der Waals surface area contributed by atoms with E-state index in [-0.39, 0.29) is 14.1 Å². The van der Waals surface area contributed by atoms with Gasteiger partial charge in [0.15, 0.2) is 0 Å². The molecular formula is C36H30P2Se+2. The summed E-state index contributed by atoms with van der Waals surface area (Å²) in [6.45, 7) is 0. The molecule has 0 unspecified atom stereocenters. The van der Waals surface area contributed by atoms with Gasteiger partial charge in [0.25, 0.3) is 0 Å². The first kappa shape index (κ1) is 25.9. The monoisotopic (exact) mass is 604 g/mol. The second-order valence-electron chi connectivity index (χ2n) is 9.31. The van der Waals surface area contributed by atoms with Gasteiger partial charge in [-0.2, -0.15) is 0 Å². The molecule has 6 rings (SSSR count). The molecule has 0 aliphatic rings. The van der Waals surface area contributed by atoms with E-state index in [4.69, 9.17) is 0 Å². The van der Waals surface area contributed by atoms with E-state index in [2.05, 4.69) is 182 Å². The average molecular weight is 604 g/mol. The molecule has 0 N–H and O–H groups in total. The third kappa shape index (κ3) is 4.94. The van der Waals surface area contributed by atoms with E-state index in [1.54, 1.807) is 0 Å². The van der Waals surface area contributed by atoms with Crippen molar-refractivity contribution in [2.45, 2.75) is 0 Å². The number of hydrogen-bond donors (Lipinski definition) is 0. The van der Waals surface area contributed by atoms with Crippen LogP contribution in [0.3, 0.4) is 0 Å². The molecule has 0 fully saturated rings. The van der Waals surface area contributed by atoms with Crippen LogP contribution >= 0.6 is 11.9 Å². The Labute approximate surface area is 238 Å². The van der Waals surface area contributed by atoms with Crippen molar-refractivity contribution in [3.05, 3.63) is 182 Å². The van der Waals surface area contributed by atoms with Crippen LogP contribution < -0.4 is 31.8 Å². The molecule has 0 spiro atoms. The van der Waals surface area contributed by atoms with Crippen LogP contribution in [0.2, 0.25) is 0 Å². The molecule has 0 bridgehead atoms. The Morgan fingerprint density at radius 3 is 0.538 bits per heavy atom. The molecule has 0 amide bonds. The second-order valence-corrected chi connectivity index (χ2v) is 25.5. The van der Waals surface area contributed by atoms with Crippen molar-refractivity contribution >= 4 is 57.8 Å². The normalized spacial score (nSPS) is 11.7. The van der Waals surface area contributed by atoms with Gasteiger partial charge in [-0.05, 0) is 0 Å². The maximum atomic E-state index is 2.38. The van der Waals surface area contributed by atoms with E-state index in [9.17, 15) is 0 Å². The molecular weight excluding hydrogens is 573 g/mol. The first-order chi connectivity index (χ1) is 19.3. The molecule has 6 aromatic rings. The summed E-state index contributed by atoms with van der Waals surface area (Å²) in [4.78, 5) is 0. The van der Waals surface area contributed by atoms with E-state index in [1.165, 1.54) is 31.8 Å². The Morgan fingerprint density at radius 2 is 0.385 bits per heavy atom. The van der Waals surface area contributed by atoms with E-state index >= 15 is 0 Å². The number of benzene rings is 6. The van der Waals surface area contributed by atoms with Crippen LogP contribution in [0.5, 0.6) is 0 Å². The van der Waals surface area contributed by atoms with Gasteiger partial charge in [-0.25, -0.2) is 0 Å². The van der Waals surface area contributed by atoms with E-state index in [1.807, 2.05) is 0 Å². The molecule has 0 radical (unpaired) electrons. The molecule has 39 heavy (non-hydrogen) atoms. The zero-order chi connectivity index (χ0) is 26.4. The quantitative estimate of drug-likeness (QED) is 0.138. The van der Waals surface area contributed by atoms with Gasteiger partial charge >= 0.3 is 240 Å². The van der Waals surface area contributed by atoms with Gasteiger partial charge in [0.1, 0.15) is 0 Å². The van der Waals surface area contributed by atoms with Crippen LogP contribution in [0.4, 0.5) is 0 Å². The van der Waals surface area contributed by atoms with Crippen molar-refractivity contribution in [3.63, 3.8) is 0 Å². The number of rotatable bonds is 8. The molecule has 0 aliphatic heterocycles. The summed E-state index contributed by atoms with van der Waals surface area (Å²) < 4.78 is 0. The van der Waals surface area contributed by atoms with Gasteiger partial charge in [0, 0.05) is 0 Å². The number of hydrogen-bond acceptors (Lipinski definition) is 0. The van der Waals surface area contributed by atoms with Crippen LogP contribution in [0, 0.1) is 0 Å². The van der Waals surface area contributed by atoms with Crippen molar-refractivity contribution < 1.29 is 0 Å². The molecule has 0 aromatic heterocycles. The standard InChI is InChI=1S/C36H30P2Se/c1-7-19-31(20-8-1)37(32-21-9-2-10-22-32,33-23-11-3-12-24-33)39-38(34-25-13-4-14-26-34,35-27-15-5-16-28-35)36-29-17-6-18-30-36/h1-30H/q+2. The predicted molar refractivity (Wildman–Crippen MR) is 176 cm³/mol. The molecule has 188 valence electrons. The Kier molecular flexibility index (Phi) is 7.88.